The molecule has 0 spiro atoms. The average Bonchev–Trinajstić information content (AvgIpc) is 2.94. The molecular formula is C38H52NO2PS. The molecule has 10 rings (SSSR count). The van der Waals surface area contributed by atoms with Crippen LogP contribution < -0.4 is 14.8 Å². The first kappa shape index (κ1) is 29.2. The van der Waals surface area contributed by atoms with Crippen LogP contribution in [0, 0.1) is 35.5 Å². The topological polar surface area (TPSA) is 38.3 Å². The monoisotopic (exact) mass is 617 g/mol. The fourth-order valence-electron chi connectivity index (χ4n) is 12.0. The lowest BCUT2D eigenvalue weighted by Gasteiger charge is -2.67. The van der Waals surface area contributed by atoms with Gasteiger partial charge in [-0.15, -0.1) is 0 Å². The van der Waals surface area contributed by atoms with Crippen LogP contribution >= 0.6 is 7.92 Å². The highest BCUT2D eigenvalue weighted by Gasteiger charge is 2.63. The molecule has 1 N–H and O–H groups in total. The van der Waals surface area contributed by atoms with E-state index in [4.69, 9.17) is 4.74 Å². The summed E-state index contributed by atoms with van der Waals surface area (Å²) in [6.45, 7) is 6.26. The molecule has 0 amide bonds. The molecule has 2 atom stereocenters. The van der Waals surface area contributed by atoms with Crippen LogP contribution in [0.1, 0.15) is 115 Å². The molecule has 8 aliphatic carbocycles. The Morgan fingerprint density at radius 3 is 1.60 bits per heavy atom. The number of rotatable bonds is 8. The molecule has 232 valence electrons. The molecule has 43 heavy (non-hydrogen) atoms. The SMILES string of the molecule is COc1ccc(C(NS(=O)C(C)(C)C)c2ccccc2P(C23CC4CC(CC(C4)C2)C3)C23CC4CC(CC(C4)C2)C3)cc1. The second kappa shape index (κ2) is 10.7. The Balaban J connectivity index is 1.29. The molecule has 3 nitrogen and oxygen atoms in total. The van der Waals surface area contributed by atoms with E-state index >= 15 is 0 Å². The number of hydrogen-bond donors (Lipinski definition) is 1. The maximum Gasteiger partial charge on any atom is 0.118 e. The normalized spacial score (nSPS) is 39.5. The van der Waals surface area contributed by atoms with Crippen LogP contribution in [-0.2, 0) is 11.0 Å². The third-order valence-corrected chi connectivity index (χ3v) is 18.1. The van der Waals surface area contributed by atoms with Crippen molar-refractivity contribution in [1.29, 1.82) is 0 Å². The first-order chi connectivity index (χ1) is 20.6. The van der Waals surface area contributed by atoms with Gasteiger partial charge in [-0.1, -0.05) is 44.3 Å². The quantitative estimate of drug-likeness (QED) is 0.301. The minimum atomic E-state index is -1.19. The Bertz CT molecular complexity index is 1260. The fourth-order valence-corrected chi connectivity index (χ4v) is 18.2. The van der Waals surface area contributed by atoms with Crippen LogP contribution in [0.5, 0.6) is 5.75 Å². The molecule has 0 heterocycles. The lowest BCUT2D eigenvalue weighted by Crippen LogP contribution is -2.58. The van der Waals surface area contributed by atoms with E-state index in [0.717, 1.165) is 41.3 Å². The third kappa shape index (κ3) is 5.09. The first-order valence-corrected chi connectivity index (χ1v) is 19.8. The Kier molecular flexibility index (Phi) is 7.24. The van der Waals surface area contributed by atoms with Crippen molar-refractivity contribution in [2.45, 2.75) is 119 Å². The molecule has 8 saturated carbocycles. The maximum atomic E-state index is 13.9. The molecule has 0 aliphatic heterocycles. The average molecular weight is 618 g/mol. The second-order valence-electron chi connectivity index (χ2n) is 16.9. The van der Waals surface area contributed by atoms with E-state index < -0.39 is 11.0 Å². The summed E-state index contributed by atoms with van der Waals surface area (Å²) < 4.78 is 22.8. The molecule has 2 aromatic carbocycles. The van der Waals surface area contributed by atoms with Crippen molar-refractivity contribution in [3.63, 3.8) is 0 Å². The number of methoxy groups -OCH3 is 1. The summed E-state index contributed by atoms with van der Waals surface area (Å²) in [4.78, 5) is 0. The third-order valence-electron chi connectivity index (χ3n) is 12.7. The van der Waals surface area contributed by atoms with Crippen molar-refractivity contribution < 1.29 is 8.95 Å². The molecule has 0 saturated heterocycles. The van der Waals surface area contributed by atoms with Crippen LogP contribution in [0.3, 0.4) is 0 Å². The van der Waals surface area contributed by atoms with E-state index in [1.165, 1.54) is 88.2 Å². The van der Waals surface area contributed by atoms with E-state index in [2.05, 4.69) is 74.0 Å². The zero-order chi connectivity index (χ0) is 29.6. The van der Waals surface area contributed by atoms with Gasteiger partial charge in [-0.25, -0.2) is 8.93 Å². The van der Waals surface area contributed by atoms with Gasteiger partial charge in [-0.2, -0.15) is 0 Å². The van der Waals surface area contributed by atoms with Gasteiger partial charge in [0, 0.05) is 0 Å². The van der Waals surface area contributed by atoms with Gasteiger partial charge in [0.1, 0.15) is 5.75 Å². The van der Waals surface area contributed by atoms with Crippen molar-refractivity contribution in [2.75, 3.05) is 7.11 Å². The zero-order valence-corrected chi connectivity index (χ0v) is 28.5. The molecule has 2 unspecified atom stereocenters. The van der Waals surface area contributed by atoms with Gasteiger partial charge in [-0.05, 0) is 172 Å². The maximum absolute atomic E-state index is 13.9. The predicted molar refractivity (Wildman–Crippen MR) is 181 cm³/mol. The zero-order valence-electron chi connectivity index (χ0n) is 26.8. The van der Waals surface area contributed by atoms with Crippen LogP contribution in [0.25, 0.3) is 0 Å². The minimum Gasteiger partial charge on any atom is -0.497 e. The highest BCUT2D eigenvalue weighted by Crippen LogP contribution is 2.78. The lowest BCUT2D eigenvalue weighted by atomic mass is 9.55. The molecule has 2 aromatic rings. The number of hydrogen-bond acceptors (Lipinski definition) is 2. The van der Waals surface area contributed by atoms with Crippen LogP contribution in [0.4, 0.5) is 0 Å². The standard InChI is InChI=1S/C38H52NO2PS/c1-36(2,3)43(40)39-35(31-9-11-32(41-4)12-10-31)33-7-5-6-8-34(33)42(37-19-25-13-26(20-37)15-27(14-25)21-37)38-22-28-16-29(23-38)18-30(17-28)24-38/h5-12,25-30,35,39H,13-24H2,1-4H3. The van der Waals surface area contributed by atoms with Gasteiger partial charge in [0.05, 0.1) is 28.9 Å². The number of benzene rings is 2. The van der Waals surface area contributed by atoms with Crippen molar-refractivity contribution in [2.24, 2.45) is 35.5 Å². The highest BCUT2D eigenvalue weighted by molar-refractivity contribution is 7.84. The summed E-state index contributed by atoms with van der Waals surface area (Å²) in [5.41, 5.74) is 2.60. The molecular weight excluding hydrogens is 565 g/mol. The van der Waals surface area contributed by atoms with E-state index in [1.54, 1.807) is 12.4 Å². The lowest BCUT2D eigenvalue weighted by molar-refractivity contribution is 0.0195. The Morgan fingerprint density at radius 2 is 1.19 bits per heavy atom. The first-order valence-electron chi connectivity index (χ1n) is 17.3. The minimum absolute atomic E-state index is 0.102. The summed E-state index contributed by atoms with van der Waals surface area (Å²) in [7, 11) is 0.170. The molecule has 0 aromatic heterocycles. The van der Waals surface area contributed by atoms with Crippen LogP contribution in [-0.4, -0.2) is 26.4 Å². The molecule has 5 heteroatoms. The van der Waals surface area contributed by atoms with Gasteiger partial charge in [0.2, 0.25) is 0 Å². The van der Waals surface area contributed by atoms with E-state index in [9.17, 15) is 4.21 Å². The summed E-state index contributed by atoms with van der Waals surface area (Å²) in [6.07, 6.45) is 17.9. The summed E-state index contributed by atoms with van der Waals surface area (Å²) in [6, 6.07) is 18.0. The van der Waals surface area contributed by atoms with Crippen molar-refractivity contribution >= 4 is 24.2 Å². The van der Waals surface area contributed by atoms with Crippen molar-refractivity contribution in [1.82, 2.24) is 4.72 Å². The van der Waals surface area contributed by atoms with E-state index in [1.807, 2.05) is 0 Å². The molecule has 8 aliphatic rings. The number of nitrogens with one attached hydrogen (secondary N) is 1. The van der Waals surface area contributed by atoms with Crippen molar-refractivity contribution in [3.8, 4) is 5.75 Å². The fraction of sp³-hybridized carbons (Fsp3) is 0.684. The Hall–Kier alpha value is -1.22. The number of ether oxygens (including phenoxy) is 1. The molecule has 8 fully saturated rings. The second-order valence-corrected chi connectivity index (χ2v) is 21.9. The van der Waals surface area contributed by atoms with Crippen molar-refractivity contribution in [3.05, 3.63) is 59.7 Å². The predicted octanol–water partition coefficient (Wildman–Crippen LogP) is 8.88. The largest absolute Gasteiger partial charge is 0.497 e. The highest BCUT2D eigenvalue weighted by atomic mass is 32.2. The van der Waals surface area contributed by atoms with Gasteiger partial charge < -0.3 is 4.74 Å². The van der Waals surface area contributed by atoms with Gasteiger partial charge in [0.15, 0.2) is 0 Å². The van der Waals surface area contributed by atoms with Gasteiger partial charge >= 0.3 is 0 Å². The van der Waals surface area contributed by atoms with Gasteiger partial charge in [-0.3, -0.25) is 0 Å². The van der Waals surface area contributed by atoms with E-state index in [-0.39, 0.29) is 18.7 Å². The summed E-state index contributed by atoms with van der Waals surface area (Å²) >= 11 is 0. The smallest absolute Gasteiger partial charge is 0.118 e. The molecule has 0 radical (unpaired) electrons. The molecule has 8 bridgehead atoms. The Morgan fingerprint density at radius 1 is 0.744 bits per heavy atom. The van der Waals surface area contributed by atoms with Gasteiger partial charge in [0.25, 0.3) is 0 Å². The van der Waals surface area contributed by atoms with E-state index in [0.29, 0.717) is 10.3 Å². The Labute approximate surface area is 264 Å². The summed E-state index contributed by atoms with van der Waals surface area (Å²) in [5.74, 6) is 6.63. The van der Waals surface area contributed by atoms with Crippen LogP contribution in [0.2, 0.25) is 0 Å². The summed E-state index contributed by atoms with van der Waals surface area (Å²) in [5, 5.41) is 2.67. The van der Waals surface area contributed by atoms with Crippen LogP contribution in [0.15, 0.2) is 48.5 Å².